The number of fused-ring (bicyclic) bond motifs is 1. The molecule has 0 spiro atoms. The second kappa shape index (κ2) is 9.11. The van der Waals surface area contributed by atoms with E-state index in [-0.39, 0.29) is 18.0 Å². The Labute approximate surface area is 185 Å². The lowest BCUT2D eigenvalue weighted by Gasteiger charge is -2.05. The highest BCUT2D eigenvalue weighted by Gasteiger charge is 2.15. The highest BCUT2D eigenvalue weighted by molar-refractivity contribution is 7.19. The van der Waals surface area contributed by atoms with Gasteiger partial charge in [0.25, 0.3) is 5.69 Å². The van der Waals surface area contributed by atoms with E-state index in [1.165, 1.54) is 34.8 Å². The number of anilines is 1. The van der Waals surface area contributed by atoms with Crippen molar-refractivity contribution < 1.29 is 9.72 Å². The molecule has 0 aliphatic rings. The summed E-state index contributed by atoms with van der Waals surface area (Å²) in [5.74, 6) is -0.230. The lowest BCUT2D eigenvalue weighted by atomic mass is 10.1. The van der Waals surface area contributed by atoms with E-state index in [4.69, 9.17) is 0 Å². The third kappa shape index (κ3) is 4.98. The summed E-state index contributed by atoms with van der Waals surface area (Å²) in [5.41, 5.74) is 2.33. The fourth-order valence-corrected chi connectivity index (χ4v) is 4.55. The van der Waals surface area contributed by atoms with Crippen LogP contribution in [-0.4, -0.2) is 26.0 Å². The van der Waals surface area contributed by atoms with Crippen LogP contribution in [-0.2, 0) is 11.2 Å². The number of para-hydroxylation sites is 1. The maximum atomic E-state index is 12.7. The summed E-state index contributed by atoms with van der Waals surface area (Å²) < 4.78 is 1.02. The Balaban J connectivity index is 1.64. The smallest absolute Gasteiger partial charge is 0.269 e. The molecule has 0 aliphatic carbocycles. The lowest BCUT2D eigenvalue weighted by Crippen LogP contribution is -2.11. The number of nitro benzene ring substituents is 1. The molecule has 4 rings (SSSR count). The first kappa shape index (κ1) is 20.8. The molecule has 0 saturated carbocycles. The van der Waals surface area contributed by atoms with Gasteiger partial charge in [-0.1, -0.05) is 30.4 Å². The van der Waals surface area contributed by atoms with Crippen molar-refractivity contribution in [1.82, 2.24) is 15.2 Å². The third-order valence-electron chi connectivity index (χ3n) is 4.38. The van der Waals surface area contributed by atoms with Crippen molar-refractivity contribution in [2.45, 2.75) is 19.8 Å². The van der Waals surface area contributed by atoms with Crippen LogP contribution in [0.4, 0.5) is 10.8 Å². The van der Waals surface area contributed by atoms with Crippen molar-refractivity contribution in [3.05, 3.63) is 74.2 Å². The van der Waals surface area contributed by atoms with E-state index in [1.54, 1.807) is 12.1 Å². The summed E-state index contributed by atoms with van der Waals surface area (Å²) in [6.45, 7) is 1.98. The number of aryl methyl sites for hydroxylation is 1. The van der Waals surface area contributed by atoms with Gasteiger partial charge in [-0.2, -0.15) is 0 Å². The maximum Gasteiger partial charge on any atom is 0.269 e. The first-order valence-electron chi connectivity index (χ1n) is 9.45. The van der Waals surface area contributed by atoms with Gasteiger partial charge in [0.2, 0.25) is 11.0 Å². The third-order valence-corrected chi connectivity index (χ3v) is 6.48. The van der Waals surface area contributed by atoms with Crippen LogP contribution in [0.5, 0.6) is 0 Å². The number of hydrogen-bond acceptors (Lipinski definition) is 8. The molecule has 31 heavy (non-hydrogen) atoms. The molecule has 0 atom stereocenters. The van der Waals surface area contributed by atoms with Crippen LogP contribution in [0.2, 0.25) is 0 Å². The first-order valence-corrected chi connectivity index (χ1v) is 11.1. The van der Waals surface area contributed by atoms with Crippen LogP contribution in [0.25, 0.3) is 21.9 Å². The molecule has 156 valence electrons. The SMILES string of the molecule is CCc1nnc(NC(=O)C/C(=C/c2ccc([N+](=O)[O-])cc2)c2nc3ccccc3s2)s1. The molecular formula is C21H17N5O3S2. The van der Waals surface area contributed by atoms with Gasteiger partial charge < -0.3 is 5.32 Å². The molecule has 0 fully saturated rings. The van der Waals surface area contributed by atoms with E-state index in [1.807, 2.05) is 37.3 Å². The number of aromatic nitrogens is 3. The molecule has 1 N–H and O–H groups in total. The van der Waals surface area contributed by atoms with E-state index >= 15 is 0 Å². The van der Waals surface area contributed by atoms with Crippen LogP contribution in [0, 0.1) is 10.1 Å². The van der Waals surface area contributed by atoms with Gasteiger partial charge in [-0.15, -0.1) is 21.5 Å². The van der Waals surface area contributed by atoms with Gasteiger partial charge in [0.15, 0.2) is 0 Å². The second-order valence-corrected chi connectivity index (χ2v) is 8.68. The van der Waals surface area contributed by atoms with Crippen molar-refractivity contribution in [2.24, 2.45) is 0 Å². The van der Waals surface area contributed by atoms with Crippen molar-refractivity contribution in [2.75, 3.05) is 5.32 Å². The fraction of sp³-hybridized carbons (Fsp3) is 0.143. The van der Waals surface area contributed by atoms with E-state index < -0.39 is 4.92 Å². The maximum absolute atomic E-state index is 12.7. The highest BCUT2D eigenvalue weighted by atomic mass is 32.1. The fourth-order valence-electron chi connectivity index (χ4n) is 2.87. The minimum absolute atomic E-state index is 0.0134. The Morgan fingerprint density at radius 3 is 2.58 bits per heavy atom. The standard InChI is InChI=1S/C21H17N5O3S2/c1-2-19-24-25-21(31-19)23-18(27)12-14(11-13-7-9-15(10-8-13)26(28)29)20-22-16-5-3-4-6-17(16)30-20/h3-11H,2,12H2,1H3,(H,23,25,27)/b14-11-. The predicted molar refractivity (Wildman–Crippen MR) is 123 cm³/mol. The quantitative estimate of drug-likeness (QED) is 0.306. The number of nitrogens with zero attached hydrogens (tertiary/aromatic N) is 4. The Bertz CT molecular complexity index is 1240. The monoisotopic (exact) mass is 451 g/mol. The molecule has 1 amide bonds. The number of thiazole rings is 1. The van der Waals surface area contributed by atoms with Crippen molar-refractivity contribution >= 4 is 61.3 Å². The highest BCUT2D eigenvalue weighted by Crippen LogP contribution is 2.31. The van der Waals surface area contributed by atoms with Crippen LogP contribution in [0.3, 0.4) is 0 Å². The number of carbonyl (C=O) groups excluding carboxylic acids is 1. The van der Waals surface area contributed by atoms with Gasteiger partial charge in [0.05, 0.1) is 21.6 Å². The minimum atomic E-state index is -0.442. The van der Waals surface area contributed by atoms with Crippen molar-refractivity contribution in [3.8, 4) is 0 Å². The summed E-state index contributed by atoms with van der Waals surface area (Å²) >= 11 is 2.84. The molecule has 0 saturated heterocycles. The topological polar surface area (TPSA) is 111 Å². The first-order chi connectivity index (χ1) is 15.0. The van der Waals surface area contributed by atoms with Crippen LogP contribution in [0.15, 0.2) is 48.5 Å². The van der Waals surface area contributed by atoms with Crippen molar-refractivity contribution in [3.63, 3.8) is 0 Å². The Kier molecular flexibility index (Phi) is 6.10. The number of rotatable bonds is 7. The summed E-state index contributed by atoms with van der Waals surface area (Å²) in [6.07, 6.45) is 2.67. The zero-order valence-corrected chi connectivity index (χ0v) is 18.1. The molecular weight excluding hydrogens is 434 g/mol. The molecule has 0 radical (unpaired) electrons. The van der Waals surface area contributed by atoms with Gasteiger partial charge in [0, 0.05) is 12.1 Å². The zero-order valence-electron chi connectivity index (χ0n) is 16.4. The number of hydrogen-bond donors (Lipinski definition) is 1. The average Bonchev–Trinajstić information content (AvgIpc) is 3.40. The summed E-state index contributed by atoms with van der Waals surface area (Å²) in [7, 11) is 0. The molecule has 2 aromatic heterocycles. The van der Waals surface area contributed by atoms with E-state index in [2.05, 4.69) is 20.5 Å². The van der Waals surface area contributed by atoms with Gasteiger partial charge >= 0.3 is 0 Å². The Hall–Kier alpha value is -3.50. The Morgan fingerprint density at radius 2 is 1.90 bits per heavy atom. The van der Waals surface area contributed by atoms with Gasteiger partial charge in [-0.25, -0.2) is 4.98 Å². The number of nitrogens with one attached hydrogen (secondary N) is 1. The summed E-state index contributed by atoms with van der Waals surface area (Å²) in [6, 6.07) is 13.9. The zero-order chi connectivity index (χ0) is 21.8. The molecule has 10 heteroatoms. The number of carbonyl (C=O) groups is 1. The average molecular weight is 452 g/mol. The molecule has 2 heterocycles. The molecule has 8 nitrogen and oxygen atoms in total. The van der Waals surface area contributed by atoms with Gasteiger partial charge in [-0.3, -0.25) is 14.9 Å². The van der Waals surface area contributed by atoms with Crippen LogP contribution >= 0.6 is 22.7 Å². The van der Waals surface area contributed by atoms with E-state index in [0.717, 1.165) is 32.2 Å². The van der Waals surface area contributed by atoms with Crippen LogP contribution in [0.1, 0.15) is 28.9 Å². The molecule has 0 aliphatic heterocycles. The van der Waals surface area contributed by atoms with E-state index in [0.29, 0.717) is 10.7 Å². The molecule has 4 aromatic rings. The van der Waals surface area contributed by atoms with E-state index in [9.17, 15) is 14.9 Å². The number of nitro groups is 1. The molecule has 0 unspecified atom stereocenters. The second-order valence-electron chi connectivity index (χ2n) is 6.58. The number of amides is 1. The molecule has 2 aromatic carbocycles. The summed E-state index contributed by atoms with van der Waals surface area (Å²) in [5, 5.41) is 23.8. The van der Waals surface area contributed by atoms with Gasteiger partial charge in [0.1, 0.15) is 10.0 Å². The normalized spacial score (nSPS) is 11.6. The Morgan fingerprint density at radius 1 is 1.13 bits per heavy atom. The number of non-ortho nitro benzene ring substituents is 1. The van der Waals surface area contributed by atoms with Crippen LogP contribution < -0.4 is 5.32 Å². The number of benzene rings is 2. The largest absolute Gasteiger partial charge is 0.300 e. The lowest BCUT2D eigenvalue weighted by molar-refractivity contribution is -0.384. The van der Waals surface area contributed by atoms with Crippen molar-refractivity contribution in [1.29, 1.82) is 0 Å². The summed E-state index contributed by atoms with van der Waals surface area (Å²) in [4.78, 5) is 27.9. The molecule has 0 bridgehead atoms. The van der Waals surface area contributed by atoms with Gasteiger partial charge in [-0.05, 0) is 47.9 Å². The minimum Gasteiger partial charge on any atom is -0.300 e. The predicted octanol–water partition coefficient (Wildman–Crippen LogP) is 5.19.